The van der Waals surface area contributed by atoms with Crippen molar-refractivity contribution in [2.75, 3.05) is 0 Å². The lowest BCUT2D eigenvalue weighted by atomic mass is 10.0. The Bertz CT molecular complexity index is 892. The molecule has 0 saturated carbocycles. The van der Waals surface area contributed by atoms with E-state index >= 15 is 0 Å². The number of hydrogen-bond acceptors (Lipinski definition) is 2. The lowest BCUT2D eigenvalue weighted by Crippen LogP contribution is -1.80. The molecule has 0 saturated heterocycles. The summed E-state index contributed by atoms with van der Waals surface area (Å²) in [7, 11) is 0. The third-order valence-electron chi connectivity index (χ3n) is 3.51. The molecular formula is C16H11ClN4. The predicted molar refractivity (Wildman–Crippen MR) is 84.1 cm³/mol. The highest BCUT2D eigenvalue weighted by atomic mass is 35.5. The number of benzene rings is 1. The average molecular weight is 295 g/mol. The average Bonchev–Trinajstić information content (AvgIpc) is 3.16. The van der Waals surface area contributed by atoms with Crippen molar-refractivity contribution < 1.29 is 0 Å². The van der Waals surface area contributed by atoms with E-state index in [0.29, 0.717) is 5.02 Å². The summed E-state index contributed by atoms with van der Waals surface area (Å²) >= 11 is 6.04. The number of fused-ring (bicyclic) bond motifs is 1. The smallest absolute Gasteiger partial charge is 0.137 e. The Morgan fingerprint density at radius 3 is 2.57 bits per heavy atom. The zero-order valence-electron chi connectivity index (χ0n) is 11.0. The number of aromatic amines is 2. The molecule has 0 unspecified atom stereocenters. The van der Waals surface area contributed by atoms with Crippen molar-refractivity contribution in [3.05, 3.63) is 60.0 Å². The van der Waals surface area contributed by atoms with Crippen molar-refractivity contribution in [3.8, 4) is 22.4 Å². The third-order valence-corrected chi connectivity index (χ3v) is 3.71. The van der Waals surface area contributed by atoms with Gasteiger partial charge in [-0.3, -0.25) is 5.10 Å². The molecule has 0 aliphatic rings. The maximum atomic E-state index is 6.04. The molecule has 3 heterocycles. The van der Waals surface area contributed by atoms with Crippen LogP contribution < -0.4 is 0 Å². The van der Waals surface area contributed by atoms with Gasteiger partial charge in [0.05, 0.1) is 10.7 Å². The molecular weight excluding hydrogens is 284 g/mol. The molecule has 0 aliphatic heterocycles. The van der Waals surface area contributed by atoms with E-state index in [1.54, 1.807) is 12.4 Å². The first-order valence-electron chi connectivity index (χ1n) is 6.54. The van der Waals surface area contributed by atoms with Gasteiger partial charge in [0.25, 0.3) is 0 Å². The summed E-state index contributed by atoms with van der Waals surface area (Å²) in [6.07, 6.45) is 5.35. The minimum absolute atomic E-state index is 0.637. The molecule has 0 aliphatic carbocycles. The topological polar surface area (TPSA) is 57.4 Å². The number of H-pyrrole nitrogens is 2. The molecule has 4 rings (SSSR count). The lowest BCUT2D eigenvalue weighted by molar-refractivity contribution is 1.10. The van der Waals surface area contributed by atoms with Crippen LogP contribution in [0.2, 0.25) is 5.02 Å². The highest BCUT2D eigenvalue weighted by Crippen LogP contribution is 2.30. The van der Waals surface area contributed by atoms with Crippen molar-refractivity contribution in [3.63, 3.8) is 0 Å². The van der Waals surface area contributed by atoms with Crippen molar-refractivity contribution >= 4 is 22.6 Å². The monoisotopic (exact) mass is 294 g/mol. The normalized spacial score (nSPS) is 11.1. The quantitative estimate of drug-likeness (QED) is 0.580. The fraction of sp³-hybridized carbons (Fsp3) is 0. The highest BCUT2D eigenvalue weighted by Gasteiger charge is 2.08. The van der Waals surface area contributed by atoms with Crippen molar-refractivity contribution in [1.29, 1.82) is 0 Å². The van der Waals surface area contributed by atoms with E-state index in [2.05, 4.69) is 44.4 Å². The summed E-state index contributed by atoms with van der Waals surface area (Å²) in [4.78, 5) is 7.45. The molecule has 4 aromatic rings. The molecule has 102 valence electrons. The van der Waals surface area contributed by atoms with Crippen LogP contribution in [-0.4, -0.2) is 20.2 Å². The van der Waals surface area contributed by atoms with E-state index in [9.17, 15) is 0 Å². The van der Waals surface area contributed by atoms with Crippen LogP contribution in [0.15, 0.2) is 55.0 Å². The minimum atomic E-state index is 0.637. The molecule has 0 bridgehead atoms. The Hall–Kier alpha value is -2.59. The first-order valence-corrected chi connectivity index (χ1v) is 6.92. The fourth-order valence-electron chi connectivity index (χ4n) is 2.46. The highest BCUT2D eigenvalue weighted by molar-refractivity contribution is 6.31. The molecule has 21 heavy (non-hydrogen) atoms. The standard InChI is InChI=1S/C16H11ClN4/c17-12-7-13-14(9-19-16(13)18-8-12)10-1-3-11(4-2-10)15-5-6-20-21-15/h1-9H,(H,18,19)(H,20,21). The Morgan fingerprint density at radius 1 is 1.00 bits per heavy atom. The summed E-state index contributed by atoms with van der Waals surface area (Å²) < 4.78 is 0. The van der Waals surface area contributed by atoms with Crippen LogP contribution in [0.4, 0.5) is 0 Å². The molecule has 0 fully saturated rings. The number of pyridine rings is 1. The number of halogens is 1. The van der Waals surface area contributed by atoms with Gasteiger partial charge in [0.2, 0.25) is 0 Å². The number of hydrogen-bond donors (Lipinski definition) is 2. The Kier molecular flexibility index (Phi) is 2.75. The van der Waals surface area contributed by atoms with Gasteiger partial charge < -0.3 is 4.98 Å². The molecule has 1 aromatic carbocycles. The van der Waals surface area contributed by atoms with E-state index in [4.69, 9.17) is 11.6 Å². The van der Waals surface area contributed by atoms with Gasteiger partial charge in [-0.1, -0.05) is 35.9 Å². The largest absolute Gasteiger partial charge is 0.346 e. The van der Waals surface area contributed by atoms with E-state index in [0.717, 1.165) is 33.4 Å². The maximum absolute atomic E-state index is 6.04. The summed E-state index contributed by atoms with van der Waals surface area (Å²) in [5.74, 6) is 0. The van der Waals surface area contributed by atoms with Gasteiger partial charge in [-0.25, -0.2) is 4.98 Å². The van der Waals surface area contributed by atoms with Crippen LogP contribution in [0.3, 0.4) is 0 Å². The van der Waals surface area contributed by atoms with Crippen LogP contribution in [0.25, 0.3) is 33.4 Å². The third kappa shape index (κ3) is 2.10. The van der Waals surface area contributed by atoms with Gasteiger partial charge >= 0.3 is 0 Å². The number of nitrogens with one attached hydrogen (secondary N) is 2. The first-order chi connectivity index (χ1) is 10.3. The Morgan fingerprint density at radius 2 is 1.81 bits per heavy atom. The molecule has 2 N–H and O–H groups in total. The van der Waals surface area contributed by atoms with E-state index in [1.807, 2.05) is 18.3 Å². The van der Waals surface area contributed by atoms with Gasteiger partial charge in [0, 0.05) is 29.5 Å². The van der Waals surface area contributed by atoms with Gasteiger partial charge in [-0.2, -0.15) is 5.10 Å². The molecule has 0 amide bonds. The summed E-state index contributed by atoms with van der Waals surface area (Å²) in [6, 6.07) is 12.2. The Balaban J connectivity index is 1.80. The predicted octanol–water partition coefficient (Wildman–Crippen LogP) is 4.27. The second-order valence-corrected chi connectivity index (χ2v) is 5.24. The van der Waals surface area contributed by atoms with Gasteiger partial charge in [0.15, 0.2) is 0 Å². The lowest BCUT2D eigenvalue weighted by Gasteiger charge is -2.02. The van der Waals surface area contributed by atoms with Crippen molar-refractivity contribution in [2.45, 2.75) is 0 Å². The van der Waals surface area contributed by atoms with Crippen LogP contribution in [0, 0.1) is 0 Å². The molecule has 3 aromatic heterocycles. The van der Waals surface area contributed by atoms with E-state index < -0.39 is 0 Å². The van der Waals surface area contributed by atoms with Gasteiger partial charge in [-0.15, -0.1) is 0 Å². The van der Waals surface area contributed by atoms with Gasteiger partial charge in [-0.05, 0) is 23.3 Å². The number of rotatable bonds is 2. The molecule has 5 heteroatoms. The number of nitrogens with zero attached hydrogens (tertiary/aromatic N) is 2. The van der Waals surface area contributed by atoms with Gasteiger partial charge in [0.1, 0.15) is 5.65 Å². The fourth-order valence-corrected chi connectivity index (χ4v) is 2.62. The van der Waals surface area contributed by atoms with Crippen molar-refractivity contribution in [2.24, 2.45) is 0 Å². The number of aromatic nitrogens is 4. The maximum Gasteiger partial charge on any atom is 0.137 e. The summed E-state index contributed by atoms with van der Waals surface area (Å²) in [5.41, 5.74) is 5.16. The molecule has 0 radical (unpaired) electrons. The van der Waals surface area contributed by atoms with Crippen LogP contribution in [0.5, 0.6) is 0 Å². The van der Waals surface area contributed by atoms with E-state index in [-0.39, 0.29) is 0 Å². The minimum Gasteiger partial charge on any atom is -0.346 e. The zero-order valence-corrected chi connectivity index (χ0v) is 11.7. The summed E-state index contributed by atoms with van der Waals surface area (Å²) in [5, 5.41) is 8.59. The van der Waals surface area contributed by atoms with Crippen LogP contribution in [-0.2, 0) is 0 Å². The molecule has 0 atom stereocenters. The Labute approximate surface area is 125 Å². The summed E-state index contributed by atoms with van der Waals surface area (Å²) in [6.45, 7) is 0. The van der Waals surface area contributed by atoms with Crippen LogP contribution >= 0.6 is 11.6 Å². The van der Waals surface area contributed by atoms with E-state index in [1.165, 1.54) is 0 Å². The molecule has 0 spiro atoms. The first kappa shape index (κ1) is 12.2. The molecule has 4 nitrogen and oxygen atoms in total. The zero-order chi connectivity index (χ0) is 14.2. The SMILES string of the molecule is Clc1cnc2[nH]cc(-c3ccc(-c4ccn[nH]4)cc3)c2c1. The second-order valence-electron chi connectivity index (χ2n) is 4.80. The van der Waals surface area contributed by atoms with Crippen LogP contribution in [0.1, 0.15) is 0 Å². The second kappa shape index (κ2) is 4.75. The van der Waals surface area contributed by atoms with Crippen molar-refractivity contribution in [1.82, 2.24) is 20.2 Å².